The molecule has 5 nitrogen and oxygen atoms in total. The molecule has 2 N–H and O–H groups in total. The Bertz CT molecular complexity index is 208. The maximum absolute atomic E-state index is 6.44. The van der Waals surface area contributed by atoms with Crippen LogP contribution in [0.4, 0.5) is 0 Å². The third-order valence-electron chi connectivity index (χ3n) is 3.46. The molecule has 0 bridgehead atoms. The van der Waals surface area contributed by atoms with Crippen LogP contribution in [0, 0.1) is 0 Å². The molecule has 0 aliphatic carbocycles. The van der Waals surface area contributed by atoms with Crippen molar-refractivity contribution in [2.75, 3.05) is 60.3 Å². The second-order valence-electron chi connectivity index (χ2n) is 5.09. The van der Waals surface area contributed by atoms with Crippen LogP contribution in [0.2, 0.25) is 0 Å². The van der Waals surface area contributed by atoms with Gasteiger partial charge in [0.25, 0.3) is 0 Å². The van der Waals surface area contributed by atoms with Gasteiger partial charge in [-0.2, -0.15) is 0 Å². The summed E-state index contributed by atoms with van der Waals surface area (Å²) in [7, 11) is 3.47. The summed E-state index contributed by atoms with van der Waals surface area (Å²) in [6, 6.07) is 0. The highest BCUT2D eigenvalue weighted by Crippen LogP contribution is 2.19. The molecule has 108 valence electrons. The van der Waals surface area contributed by atoms with E-state index in [-0.39, 0.29) is 5.54 Å². The molecule has 0 aromatic carbocycles. The van der Waals surface area contributed by atoms with Gasteiger partial charge in [-0.15, -0.1) is 0 Å². The summed E-state index contributed by atoms with van der Waals surface area (Å²) in [5, 5.41) is 0. The second kappa shape index (κ2) is 8.82. The minimum absolute atomic E-state index is 0.0982. The zero-order valence-corrected chi connectivity index (χ0v) is 11.8. The fourth-order valence-corrected chi connectivity index (χ4v) is 2.30. The molecular weight excluding hydrogens is 232 g/mol. The highest BCUT2D eigenvalue weighted by atomic mass is 16.5. The molecule has 1 rings (SSSR count). The van der Waals surface area contributed by atoms with Gasteiger partial charge in [0.2, 0.25) is 0 Å². The van der Waals surface area contributed by atoms with Crippen LogP contribution < -0.4 is 5.73 Å². The Kier molecular flexibility index (Phi) is 7.77. The molecule has 1 aliphatic rings. The maximum Gasteiger partial charge on any atom is 0.0589 e. The summed E-state index contributed by atoms with van der Waals surface area (Å²) in [4.78, 5) is 2.38. The van der Waals surface area contributed by atoms with Gasteiger partial charge in [-0.25, -0.2) is 0 Å². The first kappa shape index (κ1) is 15.9. The molecule has 0 aromatic heterocycles. The molecule has 0 saturated carbocycles. The first-order valence-corrected chi connectivity index (χ1v) is 6.77. The van der Waals surface area contributed by atoms with Crippen LogP contribution in [0.3, 0.4) is 0 Å². The van der Waals surface area contributed by atoms with Gasteiger partial charge in [-0.05, 0) is 19.3 Å². The third kappa shape index (κ3) is 6.11. The van der Waals surface area contributed by atoms with Gasteiger partial charge in [-0.3, -0.25) is 4.90 Å². The van der Waals surface area contributed by atoms with Crippen LogP contribution in [0.25, 0.3) is 0 Å². The molecule has 1 heterocycles. The molecule has 0 radical (unpaired) electrons. The molecular formula is C13H28N2O3. The monoisotopic (exact) mass is 260 g/mol. The average Bonchev–Trinajstić information content (AvgIpc) is 2.36. The van der Waals surface area contributed by atoms with E-state index >= 15 is 0 Å². The molecule has 1 aliphatic heterocycles. The summed E-state index contributed by atoms with van der Waals surface area (Å²) in [6.45, 7) is 5.98. The van der Waals surface area contributed by atoms with E-state index in [1.165, 1.54) is 0 Å². The molecule has 0 amide bonds. The van der Waals surface area contributed by atoms with Crippen LogP contribution in [0.5, 0.6) is 0 Å². The normalized spacial score (nSPS) is 19.3. The lowest BCUT2D eigenvalue weighted by Crippen LogP contribution is -2.54. The summed E-state index contributed by atoms with van der Waals surface area (Å²) < 4.78 is 15.6. The standard InChI is InChI=1S/C13H28N2O3/c1-16-8-3-6-15(7-11-17-2)12-13(14)4-9-18-10-5-13/h3-12,14H2,1-2H3. The Morgan fingerprint density at radius 3 is 2.39 bits per heavy atom. The summed E-state index contributed by atoms with van der Waals surface area (Å²) in [5.74, 6) is 0. The zero-order valence-electron chi connectivity index (χ0n) is 11.8. The Balaban J connectivity index is 2.37. The highest BCUT2D eigenvalue weighted by Gasteiger charge is 2.29. The number of ether oxygens (including phenoxy) is 3. The fraction of sp³-hybridized carbons (Fsp3) is 1.00. The average molecular weight is 260 g/mol. The van der Waals surface area contributed by atoms with E-state index < -0.39 is 0 Å². The summed E-state index contributed by atoms with van der Waals surface area (Å²) in [6.07, 6.45) is 2.92. The van der Waals surface area contributed by atoms with E-state index in [2.05, 4.69) is 4.90 Å². The topological polar surface area (TPSA) is 57.0 Å². The zero-order chi connectivity index (χ0) is 13.3. The van der Waals surface area contributed by atoms with Crippen molar-refractivity contribution >= 4 is 0 Å². The molecule has 0 unspecified atom stereocenters. The van der Waals surface area contributed by atoms with Crippen molar-refractivity contribution in [1.29, 1.82) is 0 Å². The predicted octanol–water partition coefficient (Wildman–Crippen LogP) is 0.479. The first-order chi connectivity index (χ1) is 8.70. The summed E-state index contributed by atoms with van der Waals surface area (Å²) in [5.41, 5.74) is 6.34. The van der Waals surface area contributed by atoms with Crippen molar-refractivity contribution in [2.24, 2.45) is 5.73 Å². The van der Waals surface area contributed by atoms with Crippen LogP contribution >= 0.6 is 0 Å². The molecule has 0 spiro atoms. The van der Waals surface area contributed by atoms with Gasteiger partial charge in [-0.1, -0.05) is 0 Å². The Hall–Kier alpha value is -0.200. The third-order valence-corrected chi connectivity index (χ3v) is 3.46. The number of nitrogens with two attached hydrogens (primary N) is 1. The largest absolute Gasteiger partial charge is 0.385 e. The number of rotatable bonds is 9. The molecule has 1 fully saturated rings. The first-order valence-electron chi connectivity index (χ1n) is 6.77. The molecule has 0 aromatic rings. The maximum atomic E-state index is 6.44. The van der Waals surface area contributed by atoms with Gasteiger partial charge in [0.05, 0.1) is 6.61 Å². The van der Waals surface area contributed by atoms with Crippen molar-refractivity contribution in [3.05, 3.63) is 0 Å². The number of hydrogen-bond acceptors (Lipinski definition) is 5. The molecule has 1 saturated heterocycles. The lowest BCUT2D eigenvalue weighted by molar-refractivity contribution is 0.0320. The SMILES string of the molecule is COCCCN(CCOC)CC1(N)CCOCC1. The lowest BCUT2D eigenvalue weighted by Gasteiger charge is -2.38. The Labute approximate surface area is 111 Å². The Morgan fingerprint density at radius 1 is 1.11 bits per heavy atom. The lowest BCUT2D eigenvalue weighted by atomic mass is 9.90. The van der Waals surface area contributed by atoms with Crippen molar-refractivity contribution < 1.29 is 14.2 Å². The summed E-state index contributed by atoms with van der Waals surface area (Å²) >= 11 is 0. The predicted molar refractivity (Wildman–Crippen MR) is 71.8 cm³/mol. The number of hydrogen-bond donors (Lipinski definition) is 1. The smallest absolute Gasteiger partial charge is 0.0589 e. The quantitative estimate of drug-likeness (QED) is 0.611. The van der Waals surface area contributed by atoms with Crippen molar-refractivity contribution in [2.45, 2.75) is 24.8 Å². The van der Waals surface area contributed by atoms with Gasteiger partial charge < -0.3 is 19.9 Å². The van der Waals surface area contributed by atoms with Gasteiger partial charge in [0, 0.05) is 59.2 Å². The van der Waals surface area contributed by atoms with Gasteiger partial charge >= 0.3 is 0 Å². The van der Waals surface area contributed by atoms with Crippen molar-refractivity contribution in [1.82, 2.24) is 4.90 Å². The van der Waals surface area contributed by atoms with E-state index in [9.17, 15) is 0 Å². The fourth-order valence-electron chi connectivity index (χ4n) is 2.30. The van der Waals surface area contributed by atoms with Crippen molar-refractivity contribution in [3.8, 4) is 0 Å². The van der Waals surface area contributed by atoms with Crippen molar-refractivity contribution in [3.63, 3.8) is 0 Å². The second-order valence-corrected chi connectivity index (χ2v) is 5.09. The minimum atomic E-state index is -0.0982. The van der Waals surface area contributed by atoms with Crippen LogP contribution in [-0.4, -0.2) is 70.7 Å². The highest BCUT2D eigenvalue weighted by molar-refractivity contribution is 4.89. The van der Waals surface area contributed by atoms with E-state index in [4.69, 9.17) is 19.9 Å². The van der Waals surface area contributed by atoms with E-state index in [0.717, 1.165) is 65.3 Å². The molecule has 5 heteroatoms. The molecule has 0 atom stereocenters. The Morgan fingerprint density at radius 2 is 1.78 bits per heavy atom. The minimum Gasteiger partial charge on any atom is -0.385 e. The number of nitrogens with zero attached hydrogens (tertiary/aromatic N) is 1. The van der Waals surface area contributed by atoms with E-state index in [1.54, 1.807) is 14.2 Å². The number of methoxy groups -OCH3 is 2. The van der Waals surface area contributed by atoms with E-state index in [1.807, 2.05) is 0 Å². The van der Waals surface area contributed by atoms with Crippen LogP contribution in [0.15, 0.2) is 0 Å². The van der Waals surface area contributed by atoms with Gasteiger partial charge in [0.15, 0.2) is 0 Å². The molecule has 18 heavy (non-hydrogen) atoms. The van der Waals surface area contributed by atoms with Gasteiger partial charge in [0.1, 0.15) is 0 Å². The van der Waals surface area contributed by atoms with Crippen LogP contribution in [0.1, 0.15) is 19.3 Å². The van der Waals surface area contributed by atoms with Crippen LogP contribution in [-0.2, 0) is 14.2 Å². The van der Waals surface area contributed by atoms with E-state index in [0.29, 0.717) is 0 Å².